The van der Waals surface area contributed by atoms with Crippen molar-refractivity contribution in [2.24, 2.45) is 0 Å². The minimum absolute atomic E-state index is 0.587. The third kappa shape index (κ3) is 10.3. The number of carbonyl (C=O) groups excluding carboxylic acids is 1. The van der Waals surface area contributed by atoms with Crippen LogP contribution in [0.1, 0.15) is 0 Å². The lowest BCUT2D eigenvalue weighted by Gasteiger charge is -2.10. The molecule has 0 bridgehead atoms. The summed E-state index contributed by atoms with van der Waals surface area (Å²) in [5, 5.41) is 0. The summed E-state index contributed by atoms with van der Waals surface area (Å²) in [6.45, 7) is -0.587. The summed E-state index contributed by atoms with van der Waals surface area (Å²) in [5.41, 5.74) is 0. The van der Waals surface area contributed by atoms with Crippen LogP contribution < -0.4 is 4.72 Å². The van der Waals surface area contributed by atoms with Gasteiger partial charge in [-0.3, -0.25) is 0 Å². The Bertz CT molecular complexity index is 282. The molecule has 0 aliphatic heterocycles. The quantitative estimate of drug-likeness (QED) is 0.619. The molecule has 0 rings (SSSR count). The van der Waals surface area contributed by atoms with Crippen LogP contribution in [0.2, 0.25) is 0 Å². The Hall–Kier alpha value is 0.380. The zero-order valence-corrected chi connectivity index (χ0v) is 9.60. The third-order valence-electron chi connectivity index (χ3n) is 0.572. The summed E-state index contributed by atoms with van der Waals surface area (Å²) in [5.74, 6) is 0. The average molecular weight is 291 g/mol. The van der Waals surface area contributed by atoms with Gasteiger partial charge < -0.3 is 4.74 Å². The van der Waals surface area contributed by atoms with Crippen molar-refractivity contribution in [1.82, 2.24) is 4.72 Å². The van der Waals surface area contributed by atoms with Crippen molar-refractivity contribution in [3.05, 3.63) is 0 Å². The first-order valence-corrected chi connectivity index (χ1v) is 6.00. The van der Waals surface area contributed by atoms with E-state index in [2.05, 4.69) is 15.4 Å². The Morgan fingerprint density at radius 3 is 2.15 bits per heavy atom. The van der Waals surface area contributed by atoms with Gasteiger partial charge in [0.1, 0.15) is 6.61 Å². The highest BCUT2D eigenvalue weighted by Crippen LogP contribution is 2.25. The van der Waals surface area contributed by atoms with Gasteiger partial charge in [0, 0.05) is 10.7 Å². The Kier molecular flexibility index (Phi) is 4.88. The van der Waals surface area contributed by atoms with E-state index >= 15 is 0 Å². The number of rotatable bonds is 2. The highest BCUT2D eigenvalue weighted by atomic mass is 35.7. The zero-order chi connectivity index (χ0) is 10.7. The van der Waals surface area contributed by atoms with Crippen LogP contribution in [0.3, 0.4) is 0 Å². The minimum atomic E-state index is -4.17. The van der Waals surface area contributed by atoms with Crippen molar-refractivity contribution < 1.29 is 17.9 Å². The summed E-state index contributed by atoms with van der Waals surface area (Å²) < 4.78 is 24.1. The van der Waals surface area contributed by atoms with Crippen LogP contribution in [0.5, 0.6) is 0 Å². The molecule has 0 aromatic heterocycles. The monoisotopic (exact) mass is 289 g/mol. The molecule has 1 amide bonds. The van der Waals surface area contributed by atoms with Gasteiger partial charge in [0.25, 0.3) is 0 Å². The van der Waals surface area contributed by atoms with E-state index in [1.54, 1.807) is 0 Å². The predicted octanol–water partition coefficient (Wildman–Crippen LogP) is 1.57. The number of hydrogen-bond acceptors (Lipinski definition) is 4. The second kappa shape index (κ2) is 4.75. The van der Waals surface area contributed by atoms with Crippen molar-refractivity contribution in [1.29, 1.82) is 0 Å². The van der Waals surface area contributed by atoms with E-state index in [1.165, 1.54) is 4.72 Å². The number of hydrogen-bond donors (Lipinski definition) is 1. The normalized spacial score (nSPS) is 12.3. The van der Waals surface area contributed by atoms with Gasteiger partial charge in [-0.05, 0) is 0 Å². The van der Waals surface area contributed by atoms with E-state index < -0.39 is 25.7 Å². The fraction of sp³-hybridized carbons (Fsp3) is 0.667. The van der Waals surface area contributed by atoms with E-state index in [4.69, 9.17) is 34.8 Å². The highest BCUT2D eigenvalue weighted by molar-refractivity contribution is 8.12. The van der Waals surface area contributed by atoms with E-state index in [0.717, 1.165) is 0 Å². The molecule has 0 aromatic carbocycles. The Labute approximate surface area is 93.8 Å². The largest absolute Gasteiger partial charge is 0.444 e. The summed E-state index contributed by atoms with van der Waals surface area (Å²) in [4.78, 5) is 10.5. The summed E-state index contributed by atoms with van der Waals surface area (Å²) in [7, 11) is 0.467. The number of nitrogens with one attached hydrogen (secondary N) is 1. The number of amides is 1. The van der Waals surface area contributed by atoms with Crippen LogP contribution >= 0.6 is 45.5 Å². The molecule has 0 saturated carbocycles. The summed E-state index contributed by atoms with van der Waals surface area (Å²) in [6, 6.07) is 0. The smallest absolute Gasteiger partial charge is 0.421 e. The van der Waals surface area contributed by atoms with Crippen LogP contribution in [-0.4, -0.2) is 24.9 Å². The van der Waals surface area contributed by atoms with Crippen LogP contribution in [0.25, 0.3) is 0 Å². The second-order valence-corrected chi connectivity index (χ2v) is 6.55. The van der Waals surface area contributed by atoms with E-state index in [-0.39, 0.29) is 0 Å². The lowest BCUT2D eigenvalue weighted by Crippen LogP contribution is -2.30. The molecule has 78 valence electrons. The Morgan fingerprint density at radius 1 is 1.38 bits per heavy atom. The number of alkyl halides is 3. The maximum absolute atomic E-state index is 10.5. The molecule has 0 fully saturated rings. The van der Waals surface area contributed by atoms with Crippen molar-refractivity contribution in [3.8, 4) is 0 Å². The van der Waals surface area contributed by atoms with Gasteiger partial charge >= 0.3 is 15.3 Å². The highest BCUT2D eigenvalue weighted by Gasteiger charge is 2.23. The van der Waals surface area contributed by atoms with Crippen LogP contribution in [0, 0.1) is 0 Å². The Morgan fingerprint density at radius 2 is 1.85 bits per heavy atom. The van der Waals surface area contributed by atoms with E-state index in [0.29, 0.717) is 0 Å². The fourth-order valence-corrected chi connectivity index (χ4v) is 0.887. The number of carbonyl (C=O) groups is 1. The van der Waals surface area contributed by atoms with Crippen molar-refractivity contribution in [2.45, 2.75) is 3.79 Å². The molecule has 0 spiro atoms. The predicted molar refractivity (Wildman–Crippen MR) is 49.5 cm³/mol. The van der Waals surface area contributed by atoms with E-state index in [1.807, 2.05) is 0 Å². The molecule has 0 aromatic rings. The van der Waals surface area contributed by atoms with Gasteiger partial charge in [0.05, 0.1) is 0 Å². The molecule has 0 aliphatic carbocycles. The molecule has 13 heavy (non-hydrogen) atoms. The number of ether oxygens (including phenoxy) is 1. The first kappa shape index (κ1) is 13.4. The average Bonchev–Trinajstić information content (AvgIpc) is 1.78. The third-order valence-corrected chi connectivity index (χ3v) is 1.54. The van der Waals surface area contributed by atoms with Gasteiger partial charge in [0.15, 0.2) is 0 Å². The van der Waals surface area contributed by atoms with Crippen LogP contribution in [-0.2, 0) is 14.0 Å². The molecule has 0 aliphatic rings. The number of halogens is 4. The molecule has 0 radical (unpaired) electrons. The summed E-state index contributed by atoms with van der Waals surface area (Å²) in [6.07, 6.45) is -1.32. The van der Waals surface area contributed by atoms with Gasteiger partial charge in [-0.15, -0.1) is 0 Å². The fourth-order valence-electron chi connectivity index (χ4n) is 0.276. The molecule has 0 unspecified atom stereocenters. The molecule has 5 nitrogen and oxygen atoms in total. The molecule has 1 N–H and O–H groups in total. The van der Waals surface area contributed by atoms with Gasteiger partial charge in [0.2, 0.25) is 3.79 Å². The SMILES string of the molecule is O=C(NS(=O)(=O)Cl)OCC(Cl)(Cl)Cl. The Balaban J connectivity index is 3.92. The van der Waals surface area contributed by atoms with E-state index in [9.17, 15) is 13.2 Å². The van der Waals surface area contributed by atoms with Gasteiger partial charge in [-0.1, -0.05) is 34.8 Å². The topological polar surface area (TPSA) is 72.5 Å². The molecule has 0 heterocycles. The maximum Gasteiger partial charge on any atom is 0.421 e. The molecular weight excluding hydrogens is 288 g/mol. The standard InChI is InChI=1S/C3H3Cl4NO4S/c4-3(5,6)1-12-2(9)8-13(7,10)11/h1H2,(H,8,9). The van der Waals surface area contributed by atoms with Crippen molar-refractivity contribution in [3.63, 3.8) is 0 Å². The van der Waals surface area contributed by atoms with Gasteiger partial charge in [-0.25, -0.2) is 9.52 Å². The lowest BCUT2D eigenvalue weighted by molar-refractivity contribution is 0.155. The lowest BCUT2D eigenvalue weighted by atomic mass is 10.8. The summed E-state index contributed by atoms with van der Waals surface area (Å²) >= 11 is 15.6. The molecule has 0 atom stereocenters. The first-order valence-electron chi connectivity index (χ1n) is 2.56. The maximum atomic E-state index is 10.5. The second-order valence-electron chi connectivity index (χ2n) is 1.73. The molecule has 10 heteroatoms. The molecule has 0 saturated heterocycles. The van der Waals surface area contributed by atoms with Crippen molar-refractivity contribution >= 4 is 60.8 Å². The molecular formula is C3H3Cl4NO4S. The van der Waals surface area contributed by atoms with Crippen molar-refractivity contribution in [2.75, 3.05) is 6.61 Å². The van der Waals surface area contributed by atoms with Gasteiger partial charge in [-0.2, -0.15) is 8.42 Å². The minimum Gasteiger partial charge on any atom is -0.444 e. The van der Waals surface area contributed by atoms with Crippen LogP contribution in [0.4, 0.5) is 4.79 Å². The first-order chi connectivity index (χ1) is 5.60. The zero-order valence-electron chi connectivity index (χ0n) is 5.76. The van der Waals surface area contributed by atoms with Crippen LogP contribution in [0.15, 0.2) is 0 Å².